The SMILES string of the molecule is Cc1ccc(NC(=O)c2ccc(CNC(=O)OCc3ccccc3)cc2)cc1. The van der Waals surface area contributed by atoms with E-state index in [0.29, 0.717) is 12.1 Å². The van der Waals surface area contributed by atoms with Gasteiger partial charge < -0.3 is 15.4 Å². The Morgan fingerprint density at radius 1 is 0.821 bits per heavy atom. The van der Waals surface area contributed by atoms with E-state index in [2.05, 4.69) is 10.6 Å². The van der Waals surface area contributed by atoms with Crippen molar-refractivity contribution in [3.05, 3.63) is 101 Å². The molecule has 0 radical (unpaired) electrons. The quantitative estimate of drug-likeness (QED) is 0.659. The highest BCUT2D eigenvalue weighted by Gasteiger charge is 2.07. The van der Waals surface area contributed by atoms with Crippen LogP contribution in [0.15, 0.2) is 78.9 Å². The molecule has 0 saturated heterocycles. The third-order valence-electron chi connectivity index (χ3n) is 4.18. The Hall–Kier alpha value is -3.60. The van der Waals surface area contributed by atoms with Crippen LogP contribution in [-0.4, -0.2) is 12.0 Å². The summed E-state index contributed by atoms with van der Waals surface area (Å²) in [6.45, 7) is 2.55. The fourth-order valence-corrected chi connectivity index (χ4v) is 2.56. The molecular weight excluding hydrogens is 352 g/mol. The predicted octanol–water partition coefficient (Wildman–Crippen LogP) is 4.67. The second kappa shape index (κ2) is 9.37. The Balaban J connectivity index is 1.46. The number of amides is 2. The van der Waals surface area contributed by atoms with Crippen molar-refractivity contribution in [3.63, 3.8) is 0 Å². The summed E-state index contributed by atoms with van der Waals surface area (Å²) >= 11 is 0. The van der Waals surface area contributed by atoms with Crippen molar-refractivity contribution in [2.24, 2.45) is 0 Å². The van der Waals surface area contributed by atoms with Gasteiger partial charge in [-0.1, -0.05) is 60.2 Å². The summed E-state index contributed by atoms with van der Waals surface area (Å²) in [7, 11) is 0. The summed E-state index contributed by atoms with van der Waals surface area (Å²) in [4.78, 5) is 24.1. The van der Waals surface area contributed by atoms with E-state index < -0.39 is 6.09 Å². The summed E-state index contributed by atoms with van der Waals surface area (Å²) in [5.41, 5.74) is 4.25. The lowest BCUT2D eigenvalue weighted by Crippen LogP contribution is -2.23. The molecule has 28 heavy (non-hydrogen) atoms. The number of anilines is 1. The van der Waals surface area contributed by atoms with Gasteiger partial charge >= 0.3 is 6.09 Å². The lowest BCUT2D eigenvalue weighted by Gasteiger charge is -2.08. The molecule has 3 rings (SSSR count). The molecule has 0 atom stereocenters. The fourth-order valence-electron chi connectivity index (χ4n) is 2.56. The summed E-state index contributed by atoms with van der Waals surface area (Å²) in [6.07, 6.45) is -0.481. The number of ether oxygens (including phenoxy) is 1. The van der Waals surface area contributed by atoms with Gasteiger partial charge in [0.15, 0.2) is 0 Å². The smallest absolute Gasteiger partial charge is 0.407 e. The molecule has 0 spiro atoms. The number of hydrogen-bond acceptors (Lipinski definition) is 3. The molecule has 5 heteroatoms. The molecule has 0 heterocycles. The van der Waals surface area contributed by atoms with Crippen LogP contribution in [0.3, 0.4) is 0 Å². The molecule has 3 aromatic carbocycles. The molecule has 0 bridgehead atoms. The Kier molecular flexibility index (Phi) is 6.41. The highest BCUT2D eigenvalue weighted by molar-refractivity contribution is 6.04. The van der Waals surface area contributed by atoms with Crippen LogP contribution in [0.2, 0.25) is 0 Å². The zero-order valence-electron chi connectivity index (χ0n) is 15.6. The van der Waals surface area contributed by atoms with Crippen molar-refractivity contribution in [3.8, 4) is 0 Å². The van der Waals surface area contributed by atoms with Gasteiger partial charge in [0.1, 0.15) is 6.61 Å². The van der Waals surface area contributed by atoms with Crippen molar-refractivity contribution in [2.45, 2.75) is 20.1 Å². The number of benzene rings is 3. The number of hydrogen-bond donors (Lipinski definition) is 2. The van der Waals surface area contributed by atoms with Gasteiger partial charge in [-0.15, -0.1) is 0 Å². The van der Waals surface area contributed by atoms with Crippen LogP contribution in [0.1, 0.15) is 27.0 Å². The molecule has 0 saturated carbocycles. The third kappa shape index (κ3) is 5.71. The van der Waals surface area contributed by atoms with Crippen molar-refractivity contribution < 1.29 is 14.3 Å². The van der Waals surface area contributed by atoms with Crippen LogP contribution in [0.5, 0.6) is 0 Å². The minimum atomic E-state index is -0.481. The van der Waals surface area contributed by atoms with Crippen molar-refractivity contribution in [1.82, 2.24) is 5.32 Å². The largest absolute Gasteiger partial charge is 0.445 e. The zero-order valence-corrected chi connectivity index (χ0v) is 15.6. The Morgan fingerprint density at radius 3 is 2.18 bits per heavy atom. The van der Waals surface area contributed by atoms with Crippen LogP contribution in [0.25, 0.3) is 0 Å². The standard InChI is InChI=1S/C23H22N2O3/c1-17-7-13-21(14-8-17)25-22(26)20-11-9-18(10-12-20)15-24-23(27)28-16-19-5-3-2-4-6-19/h2-14H,15-16H2,1H3,(H,24,27)(H,25,26). The van der Waals surface area contributed by atoms with Crippen LogP contribution >= 0.6 is 0 Å². The molecule has 0 aliphatic heterocycles. The van der Waals surface area contributed by atoms with Gasteiger partial charge in [-0.2, -0.15) is 0 Å². The van der Waals surface area contributed by atoms with Crippen LogP contribution in [0.4, 0.5) is 10.5 Å². The zero-order chi connectivity index (χ0) is 19.8. The Morgan fingerprint density at radius 2 is 1.50 bits per heavy atom. The third-order valence-corrected chi connectivity index (χ3v) is 4.18. The van der Waals surface area contributed by atoms with Gasteiger partial charge in [-0.05, 0) is 42.3 Å². The second-order valence-electron chi connectivity index (χ2n) is 6.43. The normalized spacial score (nSPS) is 10.2. The van der Waals surface area contributed by atoms with Gasteiger partial charge in [0.25, 0.3) is 5.91 Å². The van der Waals surface area contributed by atoms with E-state index in [0.717, 1.165) is 22.4 Å². The molecule has 0 aliphatic rings. The van der Waals surface area contributed by atoms with E-state index in [4.69, 9.17) is 4.74 Å². The maximum Gasteiger partial charge on any atom is 0.407 e. The van der Waals surface area contributed by atoms with E-state index >= 15 is 0 Å². The van der Waals surface area contributed by atoms with E-state index in [1.54, 1.807) is 12.1 Å². The first kappa shape index (κ1) is 19.2. The van der Waals surface area contributed by atoms with E-state index in [-0.39, 0.29) is 12.5 Å². The predicted molar refractivity (Wildman–Crippen MR) is 109 cm³/mol. The topological polar surface area (TPSA) is 67.4 Å². The Labute approximate surface area is 164 Å². The highest BCUT2D eigenvalue weighted by Crippen LogP contribution is 2.12. The maximum atomic E-state index is 12.3. The van der Waals surface area contributed by atoms with Gasteiger partial charge in [0, 0.05) is 17.8 Å². The molecule has 2 amide bonds. The summed E-state index contributed by atoms with van der Waals surface area (Å²) < 4.78 is 5.17. The van der Waals surface area contributed by atoms with Crippen molar-refractivity contribution in [2.75, 3.05) is 5.32 Å². The van der Waals surface area contributed by atoms with Gasteiger partial charge in [0.05, 0.1) is 0 Å². The number of carbonyl (C=O) groups excluding carboxylic acids is 2. The summed E-state index contributed by atoms with van der Waals surface area (Å²) in [5, 5.41) is 5.56. The summed E-state index contributed by atoms with van der Waals surface area (Å²) in [5.74, 6) is -0.175. The monoisotopic (exact) mass is 374 g/mol. The van der Waals surface area contributed by atoms with Gasteiger partial charge in [-0.25, -0.2) is 4.79 Å². The first-order chi connectivity index (χ1) is 13.6. The lowest BCUT2D eigenvalue weighted by molar-refractivity contribution is 0.102. The molecule has 142 valence electrons. The number of carbonyl (C=O) groups is 2. The molecule has 0 aliphatic carbocycles. The molecule has 0 unspecified atom stereocenters. The molecule has 0 fully saturated rings. The minimum Gasteiger partial charge on any atom is -0.445 e. The fraction of sp³-hybridized carbons (Fsp3) is 0.130. The molecule has 5 nitrogen and oxygen atoms in total. The van der Waals surface area contributed by atoms with Crippen molar-refractivity contribution in [1.29, 1.82) is 0 Å². The first-order valence-corrected chi connectivity index (χ1v) is 9.02. The highest BCUT2D eigenvalue weighted by atomic mass is 16.5. The van der Waals surface area contributed by atoms with E-state index in [1.807, 2.05) is 73.7 Å². The Bertz CT molecular complexity index is 920. The molecule has 3 aromatic rings. The molecule has 2 N–H and O–H groups in total. The van der Waals surface area contributed by atoms with E-state index in [9.17, 15) is 9.59 Å². The van der Waals surface area contributed by atoms with Gasteiger partial charge in [0.2, 0.25) is 0 Å². The van der Waals surface area contributed by atoms with E-state index in [1.165, 1.54) is 0 Å². The number of alkyl carbamates (subject to hydrolysis) is 1. The average molecular weight is 374 g/mol. The van der Waals surface area contributed by atoms with Crippen LogP contribution in [0, 0.1) is 6.92 Å². The van der Waals surface area contributed by atoms with Crippen molar-refractivity contribution >= 4 is 17.7 Å². The van der Waals surface area contributed by atoms with Crippen LogP contribution < -0.4 is 10.6 Å². The van der Waals surface area contributed by atoms with Gasteiger partial charge in [-0.3, -0.25) is 4.79 Å². The maximum absolute atomic E-state index is 12.3. The van der Waals surface area contributed by atoms with Crippen LogP contribution in [-0.2, 0) is 17.9 Å². The lowest BCUT2D eigenvalue weighted by atomic mass is 10.1. The minimum absolute atomic E-state index is 0.175. The average Bonchev–Trinajstić information content (AvgIpc) is 2.73. The molecular formula is C23H22N2O3. The first-order valence-electron chi connectivity index (χ1n) is 9.02. The number of nitrogens with one attached hydrogen (secondary N) is 2. The summed E-state index contributed by atoms with van der Waals surface area (Å²) in [6, 6.07) is 24.2. The number of aryl methyl sites for hydroxylation is 1. The molecule has 0 aromatic heterocycles. The second-order valence-corrected chi connectivity index (χ2v) is 6.43. The number of rotatable bonds is 6.